The van der Waals surface area contributed by atoms with E-state index in [0.29, 0.717) is 18.1 Å². The van der Waals surface area contributed by atoms with Gasteiger partial charge >= 0.3 is 0 Å². The Morgan fingerprint density at radius 1 is 1.75 bits per heavy atom. The number of hydrogen-bond donors (Lipinski definition) is 1. The van der Waals surface area contributed by atoms with Gasteiger partial charge in [-0.3, -0.25) is 0 Å². The van der Waals surface area contributed by atoms with Crippen LogP contribution >= 0.6 is 11.6 Å². The number of imidazole rings is 1. The van der Waals surface area contributed by atoms with E-state index >= 15 is 0 Å². The summed E-state index contributed by atoms with van der Waals surface area (Å²) in [5.74, 6) is 1.29. The molecule has 1 N–H and O–H groups in total. The van der Waals surface area contributed by atoms with E-state index in [4.69, 9.17) is 11.6 Å². The lowest BCUT2D eigenvalue weighted by Crippen LogP contribution is -2.05. The molecule has 1 unspecified atom stereocenters. The molecule has 0 aliphatic rings. The predicted molar refractivity (Wildman–Crippen MR) is 48.1 cm³/mol. The van der Waals surface area contributed by atoms with Crippen LogP contribution in [-0.2, 0) is 7.05 Å². The average molecular weight is 189 g/mol. The number of aromatic nitrogens is 2. The Morgan fingerprint density at radius 2 is 2.50 bits per heavy atom. The van der Waals surface area contributed by atoms with E-state index in [0.717, 1.165) is 6.42 Å². The van der Waals surface area contributed by atoms with Gasteiger partial charge in [0, 0.05) is 25.3 Å². The van der Waals surface area contributed by atoms with Crippen molar-refractivity contribution >= 4 is 11.6 Å². The minimum Gasteiger partial charge on any atom is -0.385 e. The summed E-state index contributed by atoms with van der Waals surface area (Å²) in [6.45, 7) is 0. The molecular formula is C8H13ClN2O. The van der Waals surface area contributed by atoms with E-state index in [2.05, 4.69) is 4.98 Å². The van der Waals surface area contributed by atoms with Crippen LogP contribution in [0.3, 0.4) is 0 Å². The highest BCUT2D eigenvalue weighted by Gasteiger charge is 2.10. The maximum absolute atomic E-state index is 9.58. The largest absolute Gasteiger partial charge is 0.385 e. The van der Waals surface area contributed by atoms with Crippen molar-refractivity contribution < 1.29 is 5.11 Å². The summed E-state index contributed by atoms with van der Waals surface area (Å²) in [6.07, 6.45) is 4.51. The average Bonchev–Trinajstić information content (AvgIpc) is 2.47. The summed E-state index contributed by atoms with van der Waals surface area (Å²) in [5.41, 5.74) is 0. The van der Waals surface area contributed by atoms with Gasteiger partial charge in [0.1, 0.15) is 11.9 Å². The van der Waals surface area contributed by atoms with Gasteiger partial charge in [-0.25, -0.2) is 4.98 Å². The molecule has 0 amide bonds. The Kier molecular flexibility index (Phi) is 3.56. The van der Waals surface area contributed by atoms with Gasteiger partial charge in [-0.2, -0.15) is 0 Å². The van der Waals surface area contributed by atoms with Crippen LogP contribution in [0.15, 0.2) is 12.4 Å². The summed E-state index contributed by atoms with van der Waals surface area (Å²) < 4.78 is 1.82. The van der Waals surface area contributed by atoms with Gasteiger partial charge in [-0.1, -0.05) is 0 Å². The second-order valence-electron chi connectivity index (χ2n) is 2.74. The van der Waals surface area contributed by atoms with E-state index in [1.165, 1.54) is 0 Å². The summed E-state index contributed by atoms with van der Waals surface area (Å²) >= 11 is 5.51. The molecule has 0 saturated heterocycles. The van der Waals surface area contributed by atoms with Gasteiger partial charge in [0.25, 0.3) is 0 Å². The third kappa shape index (κ3) is 2.22. The Morgan fingerprint density at radius 3 is 3.00 bits per heavy atom. The number of aryl methyl sites for hydroxylation is 1. The van der Waals surface area contributed by atoms with E-state index in [-0.39, 0.29) is 0 Å². The van der Waals surface area contributed by atoms with Crippen molar-refractivity contribution in [3.05, 3.63) is 18.2 Å². The number of hydrogen-bond acceptors (Lipinski definition) is 2. The standard InChI is InChI=1S/C8H13ClN2O/c1-11-6-5-10-8(11)7(12)3-2-4-9/h5-7,12H,2-4H2,1H3. The molecule has 0 aliphatic heterocycles. The summed E-state index contributed by atoms with van der Waals surface area (Å²) in [5, 5.41) is 9.58. The molecule has 0 aliphatic carbocycles. The van der Waals surface area contributed by atoms with Crippen LogP contribution in [0.1, 0.15) is 24.8 Å². The van der Waals surface area contributed by atoms with Crippen molar-refractivity contribution in [1.82, 2.24) is 9.55 Å². The Bertz CT molecular complexity index is 237. The summed E-state index contributed by atoms with van der Waals surface area (Å²) in [6, 6.07) is 0. The molecule has 1 heterocycles. The molecule has 0 aromatic carbocycles. The Hall–Kier alpha value is -0.540. The van der Waals surface area contributed by atoms with E-state index < -0.39 is 6.10 Å². The van der Waals surface area contributed by atoms with Crippen molar-refractivity contribution in [3.8, 4) is 0 Å². The van der Waals surface area contributed by atoms with E-state index in [1.54, 1.807) is 6.20 Å². The minimum absolute atomic E-state index is 0.483. The van der Waals surface area contributed by atoms with Crippen molar-refractivity contribution in [2.24, 2.45) is 7.05 Å². The molecule has 1 aromatic rings. The zero-order valence-electron chi connectivity index (χ0n) is 7.07. The highest BCUT2D eigenvalue weighted by atomic mass is 35.5. The zero-order chi connectivity index (χ0) is 8.97. The minimum atomic E-state index is -0.483. The number of rotatable bonds is 4. The van der Waals surface area contributed by atoms with Gasteiger partial charge < -0.3 is 9.67 Å². The van der Waals surface area contributed by atoms with Crippen LogP contribution in [0.2, 0.25) is 0 Å². The second-order valence-corrected chi connectivity index (χ2v) is 3.12. The molecular weight excluding hydrogens is 176 g/mol. The molecule has 1 aromatic heterocycles. The van der Waals surface area contributed by atoms with Crippen LogP contribution in [-0.4, -0.2) is 20.5 Å². The zero-order valence-corrected chi connectivity index (χ0v) is 7.83. The first kappa shape index (κ1) is 9.55. The fraction of sp³-hybridized carbons (Fsp3) is 0.625. The molecule has 12 heavy (non-hydrogen) atoms. The van der Waals surface area contributed by atoms with Gasteiger partial charge in [-0.15, -0.1) is 11.6 Å². The third-order valence-corrected chi connectivity index (χ3v) is 2.03. The van der Waals surface area contributed by atoms with Gasteiger partial charge in [0.05, 0.1) is 0 Å². The fourth-order valence-electron chi connectivity index (χ4n) is 1.10. The Labute approximate surface area is 77.0 Å². The molecule has 0 fully saturated rings. The topological polar surface area (TPSA) is 38.0 Å². The van der Waals surface area contributed by atoms with Crippen LogP contribution in [0.4, 0.5) is 0 Å². The predicted octanol–water partition coefficient (Wildman–Crippen LogP) is 1.47. The lowest BCUT2D eigenvalue weighted by atomic mass is 10.2. The fourth-order valence-corrected chi connectivity index (χ4v) is 1.25. The van der Waals surface area contributed by atoms with Crippen LogP contribution in [0, 0.1) is 0 Å². The van der Waals surface area contributed by atoms with Crippen LogP contribution in [0.25, 0.3) is 0 Å². The first-order valence-corrected chi connectivity index (χ1v) is 4.50. The highest BCUT2D eigenvalue weighted by molar-refractivity contribution is 6.17. The van der Waals surface area contributed by atoms with Crippen LogP contribution in [0.5, 0.6) is 0 Å². The van der Waals surface area contributed by atoms with Gasteiger partial charge in [-0.05, 0) is 12.8 Å². The van der Waals surface area contributed by atoms with Gasteiger partial charge in [0.2, 0.25) is 0 Å². The van der Waals surface area contributed by atoms with Crippen molar-refractivity contribution in [2.75, 3.05) is 5.88 Å². The monoisotopic (exact) mass is 188 g/mol. The molecule has 0 spiro atoms. The first-order valence-electron chi connectivity index (χ1n) is 3.97. The molecule has 3 nitrogen and oxygen atoms in total. The van der Waals surface area contributed by atoms with Crippen molar-refractivity contribution in [3.63, 3.8) is 0 Å². The number of aliphatic hydroxyl groups is 1. The molecule has 68 valence electrons. The number of nitrogens with zero attached hydrogens (tertiary/aromatic N) is 2. The number of alkyl halides is 1. The lowest BCUT2D eigenvalue weighted by Gasteiger charge is -2.08. The summed E-state index contributed by atoms with van der Waals surface area (Å²) in [7, 11) is 1.87. The highest BCUT2D eigenvalue weighted by Crippen LogP contribution is 2.15. The maximum Gasteiger partial charge on any atom is 0.137 e. The number of aliphatic hydroxyl groups excluding tert-OH is 1. The van der Waals surface area contributed by atoms with Gasteiger partial charge in [0.15, 0.2) is 0 Å². The van der Waals surface area contributed by atoms with Crippen LogP contribution < -0.4 is 0 Å². The second kappa shape index (κ2) is 4.48. The third-order valence-electron chi connectivity index (χ3n) is 1.77. The normalized spacial score (nSPS) is 13.2. The Balaban J connectivity index is 2.52. The molecule has 1 rings (SSSR count). The molecule has 0 saturated carbocycles. The molecule has 0 bridgehead atoms. The molecule has 4 heteroatoms. The quantitative estimate of drug-likeness (QED) is 0.727. The van der Waals surface area contributed by atoms with E-state index in [1.807, 2.05) is 17.8 Å². The van der Waals surface area contributed by atoms with E-state index in [9.17, 15) is 5.11 Å². The SMILES string of the molecule is Cn1ccnc1C(O)CCCCl. The van der Waals surface area contributed by atoms with Crippen molar-refractivity contribution in [2.45, 2.75) is 18.9 Å². The molecule has 1 atom stereocenters. The van der Waals surface area contributed by atoms with Crippen molar-refractivity contribution in [1.29, 1.82) is 0 Å². The summed E-state index contributed by atoms with van der Waals surface area (Å²) in [4.78, 5) is 4.04. The maximum atomic E-state index is 9.58. The lowest BCUT2D eigenvalue weighted by molar-refractivity contribution is 0.153. The first-order chi connectivity index (χ1) is 5.75. The molecule has 0 radical (unpaired) electrons. The number of halogens is 1. The smallest absolute Gasteiger partial charge is 0.137 e.